The lowest BCUT2D eigenvalue weighted by atomic mass is 10.2. The number of aliphatic hydroxyl groups is 1. The molecular weight excluding hydrogens is 256 g/mol. The van der Waals surface area contributed by atoms with E-state index in [9.17, 15) is 9.90 Å². The van der Waals surface area contributed by atoms with Crippen LogP contribution >= 0.6 is 0 Å². The standard InChI is InChI=1S/C15H12N2O3/c18-9-14-16-12-8-10(15(19)20)6-7-13(12)17(14)11-4-2-1-3-5-11/h1-8,18H,9H2,(H,19,20). The van der Waals surface area contributed by atoms with Crippen LogP contribution in [0, 0.1) is 0 Å². The highest BCUT2D eigenvalue weighted by molar-refractivity contribution is 5.92. The molecule has 0 aliphatic heterocycles. The molecule has 0 fully saturated rings. The summed E-state index contributed by atoms with van der Waals surface area (Å²) in [6, 6.07) is 14.3. The summed E-state index contributed by atoms with van der Waals surface area (Å²) < 4.78 is 1.82. The summed E-state index contributed by atoms with van der Waals surface area (Å²) in [5, 5.41) is 18.5. The molecule has 0 spiro atoms. The molecule has 3 rings (SSSR count). The molecule has 100 valence electrons. The van der Waals surface area contributed by atoms with Gasteiger partial charge in [0.15, 0.2) is 0 Å². The minimum atomic E-state index is -0.994. The first-order valence-corrected chi connectivity index (χ1v) is 6.11. The van der Waals surface area contributed by atoms with Crippen LogP contribution in [0.15, 0.2) is 48.5 Å². The number of carboxylic acids is 1. The van der Waals surface area contributed by atoms with Gasteiger partial charge >= 0.3 is 5.97 Å². The van der Waals surface area contributed by atoms with Crippen LogP contribution in [0.4, 0.5) is 0 Å². The molecule has 0 radical (unpaired) electrons. The molecule has 3 aromatic rings. The Morgan fingerprint density at radius 3 is 2.55 bits per heavy atom. The number of nitrogens with zero attached hydrogens (tertiary/aromatic N) is 2. The zero-order valence-corrected chi connectivity index (χ0v) is 10.5. The SMILES string of the molecule is O=C(O)c1ccc2c(c1)nc(CO)n2-c1ccccc1. The molecule has 20 heavy (non-hydrogen) atoms. The molecular formula is C15H12N2O3. The number of hydrogen-bond acceptors (Lipinski definition) is 3. The molecule has 0 aliphatic rings. The Morgan fingerprint density at radius 1 is 1.15 bits per heavy atom. The lowest BCUT2D eigenvalue weighted by molar-refractivity contribution is 0.0697. The van der Waals surface area contributed by atoms with Crippen LogP contribution in [-0.4, -0.2) is 25.7 Å². The molecule has 0 unspecified atom stereocenters. The van der Waals surface area contributed by atoms with Crippen LogP contribution in [0.5, 0.6) is 0 Å². The average Bonchev–Trinajstić information content (AvgIpc) is 2.85. The van der Waals surface area contributed by atoms with Gasteiger partial charge in [-0.05, 0) is 30.3 Å². The lowest BCUT2D eigenvalue weighted by Gasteiger charge is -2.07. The number of aromatic carboxylic acids is 1. The normalized spacial score (nSPS) is 10.8. The first-order valence-electron chi connectivity index (χ1n) is 6.11. The van der Waals surface area contributed by atoms with Gasteiger partial charge in [-0.3, -0.25) is 4.57 Å². The number of carboxylic acid groups (broad SMARTS) is 1. The predicted molar refractivity (Wildman–Crippen MR) is 74.0 cm³/mol. The second-order valence-corrected chi connectivity index (χ2v) is 4.37. The number of aliphatic hydroxyl groups excluding tert-OH is 1. The maximum absolute atomic E-state index is 11.0. The van der Waals surface area contributed by atoms with E-state index in [0.717, 1.165) is 11.2 Å². The van der Waals surface area contributed by atoms with Crippen molar-refractivity contribution in [3.8, 4) is 5.69 Å². The van der Waals surface area contributed by atoms with Crippen LogP contribution < -0.4 is 0 Å². The topological polar surface area (TPSA) is 75.3 Å². The average molecular weight is 268 g/mol. The fourth-order valence-corrected chi connectivity index (χ4v) is 2.23. The van der Waals surface area contributed by atoms with E-state index in [4.69, 9.17) is 5.11 Å². The molecule has 0 amide bonds. The highest BCUT2D eigenvalue weighted by Gasteiger charge is 2.13. The van der Waals surface area contributed by atoms with E-state index >= 15 is 0 Å². The lowest BCUT2D eigenvalue weighted by Crippen LogP contribution is -2.00. The molecule has 1 aromatic heterocycles. The molecule has 0 atom stereocenters. The molecule has 5 heteroatoms. The second-order valence-electron chi connectivity index (χ2n) is 4.37. The van der Waals surface area contributed by atoms with Crippen LogP contribution in [0.1, 0.15) is 16.2 Å². The number of imidazole rings is 1. The van der Waals surface area contributed by atoms with Gasteiger partial charge in [0.1, 0.15) is 12.4 Å². The van der Waals surface area contributed by atoms with Crippen molar-refractivity contribution in [2.45, 2.75) is 6.61 Å². The summed E-state index contributed by atoms with van der Waals surface area (Å²) in [5.41, 5.74) is 2.38. The van der Waals surface area contributed by atoms with Gasteiger partial charge in [-0.25, -0.2) is 9.78 Å². The summed E-state index contributed by atoms with van der Waals surface area (Å²) in [6.45, 7) is -0.216. The van der Waals surface area contributed by atoms with Crippen molar-refractivity contribution in [1.29, 1.82) is 0 Å². The molecule has 2 aromatic carbocycles. The molecule has 0 saturated carbocycles. The Morgan fingerprint density at radius 2 is 1.90 bits per heavy atom. The fraction of sp³-hybridized carbons (Fsp3) is 0.0667. The van der Waals surface area contributed by atoms with E-state index in [0.29, 0.717) is 11.3 Å². The smallest absolute Gasteiger partial charge is 0.335 e. The van der Waals surface area contributed by atoms with Gasteiger partial charge in [0, 0.05) is 5.69 Å². The Kier molecular flexibility index (Phi) is 2.96. The third-order valence-electron chi connectivity index (χ3n) is 3.13. The number of hydrogen-bond donors (Lipinski definition) is 2. The zero-order chi connectivity index (χ0) is 14.1. The van der Waals surface area contributed by atoms with Crippen LogP contribution in [0.2, 0.25) is 0 Å². The number of aromatic nitrogens is 2. The highest BCUT2D eigenvalue weighted by Crippen LogP contribution is 2.22. The van der Waals surface area contributed by atoms with Crippen molar-refractivity contribution in [2.24, 2.45) is 0 Å². The predicted octanol–water partition coefficient (Wildman–Crippen LogP) is 2.22. The van der Waals surface area contributed by atoms with E-state index < -0.39 is 5.97 Å². The summed E-state index contributed by atoms with van der Waals surface area (Å²) in [5.74, 6) is -0.513. The molecule has 2 N–H and O–H groups in total. The third kappa shape index (κ3) is 1.94. The Bertz CT molecular complexity index is 778. The minimum Gasteiger partial charge on any atom is -0.478 e. The van der Waals surface area contributed by atoms with Crippen molar-refractivity contribution >= 4 is 17.0 Å². The maximum Gasteiger partial charge on any atom is 0.335 e. The first-order chi connectivity index (χ1) is 9.70. The summed E-state index contributed by atoms with van der Waals surface area (Å²) in [7, 11) is 0. The van der Waals surface area contributed by atoms with E-state index in [1.54, 1.807) is 6.07 Å². The first kappa shape index (κ1) is 12.4. The fourth-order valence-electron chi connectivity index (χ4n) is 2.23. The van der Waals surface area contributed by atoms with E-state index in [2.05, 4.69) is 4.98 Å². The van der Waals surface area contributed by atoms with Crippen molar-refractivity contribution < 1.29 is 15.0 Å². The van der Waals surface area contributed by atoms with E-state index in [1.165, 1.54) is 12.1 Å². The van der Waals surface area contributed by atoms with E-state index in [1.807, 2.05) is 34.9 Å². The van der Waals surface area contributed by atoms with Crippen molar-refractivity contribution in [3.05, 3.63) is 59.9 Å². The molecule has 0 aliphatic carbocycles. The van der Waals surface area contributed by atoms with Crippen LogP contribution in [0.25, 0.3) is 16.7 Å². The largest absolute Gasteiger partial charge is 0.478 e. The zero-order valence-electron chi connectivity index (χ0n) is 10.5. The molecule has 5 nitrogen and oxygen atoms in total. The summed E-state index contributed by atoms with van der Waals surface area (Å²) in [6.07, 6.45) is 0. The Hall–Kier alpha value is -2.66. The number of rotatable bonds is 3. The van der Waals surface area contributed by atoms with Gasteiger partial charge in [0.2, 0.25) is 0 Å². The monoisotopic (exact) mass is 268 g/mol. The van der Waals surface area contributed by atoms with Crippen LogP contribution in [0.3, 0.4) is 0 Å². The van der Waals surface area contributed by atoms with Crippen LogP contribution in [-0.2, 0) is 6.61 Å². The van der Waals surface area contributed by atoms with Crippen molar-refractivity contribution in [1.82, 2.24) is 9.55 Å². The van der Waals surface area contributed by atoms with Crippen molar-refractivity contribution in [3.63, 3.8) is 0 Å². The third-order valence-corrected chi connectivity index (χ3v) is 3.13. The number of carbonyl (C=O) groups is 1. The Balaban J connectivity index is 2.28. The quantitative estimate of drug-likeness (QED) is 0.763. The number of benzene rings is 2. The number of para-hydroxylation sites is 1. The molecule has 0 bridgehead atoms. The summed E-state index contributed by atoms with van der Waals surface area (Å²) in [4.78, 5) is 15.3. The second kappa shape index (κ2) is 4.79. The Labute approximate surface area is 114 Å². The van der Waals surface area contributed by atoms with Crippen molar-refractivity contribution in [2.75, 3.05) is 0 Å². The van der Waals surface area contributed by atoms with Gasteiger partial charge < -0.3 is 10.2 Å². The van der Waals surface area contributed by atoms with Gasteiger partial charge in [-0.2, -0.15) is 0 Å². The highest BCUT2D eigenvalue weighted by atomic mass is 16.4. The minimum absolute atomic E-state index is 0.180. The van der Waals surface area contributed by atoms with Gasteiger partial charge in [-0.15, -0.1) is 0 Å². The number of fused-ring (bicyclic) bond motifs is 1. The maximum atomic E-state index is 11.0. The molecule has 0 saturated heterocycles. The van der Waals surface area contributed by atoms with Gasteiger partial charge in [-0.1, -0.05) is 18.2 Å². The summed E-state index contributed by atoms with van der Waals surface area (Å²) >= 11 is 0. The van der Waals surface area contributed by atoms with Gasteiger partial charge in [0.05, 0.1) is 16.6 Å². The van der Waals surface area contributed by atoms with Gasteiger partial charge in [0.25, 0.3) is 0 Å². The van der Waals surface area contributed by atoms with E-state index in [-0.39, 0.29) is 12.2 Å². The molecule has 1 heterocycles.